The third kappa shape index (κ3) is 50.7. The van der Waals surface area contributed by atoms with E-state index >= 15 is 0 Å². The predicted molar refractivity (Wildman–Crippen MR) is 279 cm³/mol. The third-order valence-electron chi connectivity index (χ3n) is 10.7. The van der Waals surface area contributed by atoms with Crippen molar-refractivity contribution in [3.63, 3.8) is 0 Å². The van der Waals surface area contributed by atoms with Crippen LogP contribution in [0, 0.1) is 0 Å². The molecule has 0 amide bonds. The van der Waals surface area contributed by atoms with E-state index < -0.39 is 6.10 Å². The van der Waals surface area contributed by atoms with Crippen LogP contribution in [0.25, 0.3) is 0 Å². The molecule has 0 spiro atoms. The molecular weight excluding hydrogens is 805 g/mol. The molecule has 0 aromatic carbocycles. The van der Waals surface area contributed by atoms with E-state index in [0.717, 1.165) is 77.0 Å². The molecule has 0 aromatic heterocycles. The Balaban J connectivity index is 4.53. The van der Waals surface area contributed by atoms with E-state index in [9.17, 15) is 14.4 Å². The van der Waals surface area contributed by atoms with Crippen LogP contribution in [0.3, 0.4) is 0 Å². The first-order chi connectivity index (χ1) is 32.0. The first-order valence-electron chi connectivity index (χ1n) is 26.2. The number of unbranched alkanes of at least 4 members (excludes halogenated alkanes) is 22. The highest BCUT2D eigenvalue weighted by atomic mass is 16.6. The van der Waals surface area contributed by atoms with Gasteiger partial charge in [-0.3, -0.25) is 14.4 Å². The monoisotopic (exact) mass is 899 g/mol. The molecule has 1 unspecified atom stereocenters. The second-order valence-electron chi connectivity index (χ2n) is 16.9. The average molecular weight is 899 g/mol. The lowest BCUT2D eigenvalue weighted by Gasteiger charge is -2.18. The molecule has 0 fully saturated rings. The smallest absolute Gasteiger partial charge is 0.306 e. The zero-order valence-corrected chi connectivity index (χ0v) is 41.7. The van der Waals surface area contributed by atoms with Gasteiger partial charge in [-0.15, -0.1) is 0 Å². The van der Waals surface area contributed by atoms with Gasteiger partial charge in [0.2, 0.25) is 0 Å². The molecule has 65 heavy (non-hydrogen) atoms. The summed E-state index contributed by atoms with van der Waals surface area (Å²) in [6, 6.07) is 0. The second kappa shape index (κ2) is 52.4. The molecule has 0 heterocycles. The SMILES string of the molecule is CC/C=C/C=C/C=C/C=C/C=C/CCCC(=O)OCC(COC(=O)CCCCCCC/C=C/C=C/C=C/C=C/C=C/CCC)OC(=O)CCCCCCCCCCCCCCCCCC. The van der Waals surface area contributed by atoms with Gasteiger partial charge in [0.1, 0.15) is 13.2 Å². The first-order valence-corrected chi connectivity index (χ1v) is 26.2. The lowest BCUT2D eigenvalue weighted by atomic mass is 10.0. The van der Waals surface area contributed by atoms with Crippen molar-refractivity contribution in [2.45, 2.75) is 219 Å². The van der Waals surface area contributed by atoms with Crippen molar-refractivity contribution >= 4 is 17.9 Å². The molecule has 0 aliphatic heterocycles. The number of hydrogen-bond donors (Lipinski definition) is 0. The molecule has 366 valence electrons. The number of ether oxygens (including phenoxy) is 3. The van der Waals surface area contributed by atoms with Crippen molar-refractivity contribution in [3.05, 3.63) is 122 Å². The molecule has 0 aliphatic rings. The molecule has 0 aliphatic carbocycles. The van der Waals surface area contributed by atoms with Gasteiger partial charge in [-0.25, -0.2) is 0 Å². The highest BCUT2D eigenvalue weighted by Gasteiger charge is 2.19. The summed E-state index contributed by atoms with van der Waals surface area (Å²) in [4.78, 5) is 38.0. The van der Waals surface area contributed by atoms with Gasteiger partial charge in [0.25, 0.3) is 0 Å². The summed E-state index contributed by atoms with van der Waals surface area (Å²) in [5.74, 6) is -1.02. The molecule has 0 saturated heterocycles. The van der Waals surface area contributed by atoms with E-state index in [1.165, 1.54) is 89.9 Å². The Hall–Kier alpha value is -4.19. The van der Waals surface area contributed by atoms with E-state index in [-0.39, 0.29) is 37.5 Å². The molecule has 6 heteroatoms. The van der Waals surface area contributed by atoms with E-state index in [0.29, 0.717) is 19.3 Å². The highest BCUT2D eigenvalue weighted by molar-refractivity contribution is 5.71. The molecule has 0 rings (SSSR count). The summed E-state index contributed by atoms with van der Waals surface area (Å²) < 4.78 is 16.7. The number of hydrogen-bond acceptors (Lipinski definition) is 6. The lowest BCUT2D eigenvalue weighted by Crippen LogP contribution is -2.30. The van der Waals surface area contributed by atoms with Gasteiger partial charge in [-0.2, -0.15) is 0 Å². The standard InChI is InChI=1S/C59H94O6/c1-4-7-10-13-16-19-22-25-27-29-30-32-34-37-40-43-46-49-52-58(61)64-55-56(54-63-57(60)51-48-45-42-39-36-33-24-21-18-15-12-9-6-3)65-59(62)53-50-47-44-41-38-35-31-28-26-23-20-17-14-11-8-5-2/h9-10,12-13,15-16,18-19,21-22,24-25,27,29-30,32-33,36,39,42,56H,4-8,11,14,17,20,23,26,28,31,34-35,37-38,40-41,43-55H2,1-3H3/b12-9+,13-10+,18-15+,19-16+,24-21+,25-22+,29-27+,32-30+,36-33+,42-39+. The van der Waals surface area contributed by atoms with Gasteiger partial charge < -0.3 is 14.2 Å². The van der Waals surface area contributed by atoms with Crippen LogP contribution in [0.15, 0.2) is 122 Å². The van der Waals surface area contributed by atoms with Gasteiger partial charge in [0, 0.05) is 19.3 Å². The van der Waals surface area contributed by atoms with Crippen LogP contribution >= 0.6 is 0 Å². The predicted octanol–water partition coefficient (Wildman–Crippen LogP) is 17.3. The minimum atomic E-state index is -0.819. The van der Waals surface area contributed by atoms with Gasteiger partial charge in [-0.1, -0.05) is 264 Å². The minimum Gasteiger partial charge on any atom is -0.462 e. The summed E-state index contributed by atoms with van der Waals surface area (Å²) in [6.07, 6.45) is 71.8. The Morgan fingerprint density at radius 1 is 0.323 bits per heavy atom. The largest absolute Gasteiger partial charge is 0.462 e. The maximum Gasteiger partial charge on any atom is 0.306 e. The van der Waals surface area contributed by atoms with Crippen LogP contribution in [0.4, 0.5) is 0 Å². The number of esters is 3. The van der Waals surface area contributed by atoms with Crippen LogP contribution in [-0.4, -0.2) is 37.2 Å². The minimum absolute atomic E-state index is 0.116. The van der Waals surface area contributed by atoms with Crippen molar-refractivity contribution in [3.8, 4) is 0 Å². The number of allylic oxidation sites excluding steroid dienone is 20. The van der Waals surface area contributed by atoms with E-state index in [1.807, 2.05) is 91.1 Å². The fourth-order valence-electron chi connectivity index (χ4n) is 6.80. The maximum absolute atomic E-state index is 12.8. The zero-order chi connectivity index (χ0) is 47.2. The van der Waals surface area contributed by atoms with Gasteiger partial charge in [0.15, 0.2) is 6.10 Å². The lowest BCUT2D eigenvalue weighted by molar-refractivity contribution is -0.167. The Morgan fingerprint density at radius 3 is 1.06 bits per heavy atom. The zero-order valence-electron chi connectivity index (χ0n) is 41.7. The van der Waals surface area contributed by atoms with Crippen LogP contribution in [0.1, 0.15) is 213 Å². The maximum atomic E-state index is 12.8. The first kappa shape index (κ1) is 60.8. The van der Waals surface area contributed by atoms with Crippen LogP contribution in [0.5, 0.6) is 0 Å². The third-order valence-corrected chi connectivity index (χ3v) is 10.7. The Kier molecular flexibility index (Phi) is 49.1. The molecule has 0 N–H and O–H groups in total. The normalized spacial score (nSPS) is 13.1. The molecule has 6 nitrogen and oxygen atoms in total. The number of rotatable bonds is 45. The average Bonchev–Trinajstić information content (AvgIpc) is 3.30. The quantitative estimate of drug-likeness (QED) is 0.0262. The summed E-state index contributed by atoms with van der Waals surface area (Å²) in [5.41, 5.74) is 0. The van der Waals surface area contributed by atoms with Crippen molar-refractivity contribution in [1.29, 1.82) is 0 Å². The van der Waals surface area contributed by atoms with Crippen molar-refractivity contribution < 1.29 is 28.6 Å². The number of carbonyl (C=O) groups excluding carboxylic acids is 3. The van der Waals surface area contributed by atoms with E-state index in [1.54, 1.807) is 0 Å². The van der Waals surface area contributed by atoms with Crippen LogP contribution in [0.2, 0.25) is 0 Å². The summed E-state index contributed by atoms with van der Waals surface area (Å²) >= 11 is 0. The van der Waals surface area contributed by atoms with Crippen molar-refractivity contribution in [1.82, 2.24) is 0 Å². The summed E-state index contributed by atoms with van der Waals surface area (Å²) in [5, 5.41) is 0. The topological polar surface area (TPSA) is 78.9 Å². The fraction of sp³-hybridized carbons (Fsp3) is 0.610. The highest BCUT2D eigenvalue weighted by Crippen LogP contribution is 2.15. The van der Waals surface area contributed by atoms with Gasteiger partial charge >= 0.3 is 17.9 Å². The van der Waals surface area contributed by atoms with Crippen LogP contribution < -0.4 is 0 Å². The molecule has 1 atom stereocenters. The fourth-order valence-corrected chi connectivity index (χ4v) is 6.80. The molecule has 0 saturated carbocycles. The molecule has 0 bridgehead atoms. The molecular formula is C59H94O6. The van der Waals surface area contributed by atoms with E-state index in [4.69, 9.17) is 14.2 Å². The summed E-state index contributed by atoms with van der Waals surface area (Å²) in [7, 11) is 0. The molecule has 0 aromatic rings. The Bertz CT molecular complexity index is 1400. The molecule has 0 radical (unpaired) electrons. The van der Waals surface area contributed by atoms with Gasteiger partial charge in [-0.05, 0) is 51.4 Å². The van der Waals surface area contributed by atoms with Gasteiger partial charge in [0.05, 0.1) is 0 Å². The second-order valence-corrected chi connectivity index (χ2v) is 16.9. The number of carbonyl (C=O) groups is 3. The summed E-state index contributed by atoms with van der Waals surface area (Å²) in [6.45, 7) is 6.31. The van der Waals surface area contributed by atoms with Crippen molar-refractivity contribution in [2.75, 3.05) is 13.2 Å². The Labute approximate surface area is 399 Å². The Morgan fingerprint density at radius 2 is 0.646 bits per heavy atom. The van der Waals surface area contributed by atoms with Crippen molar-refractivity contribution in [2.24, 2.45) is 0 Å². The van der Waals surface area contributed by atoms with E-state index in [2.05, 4.69) is 51.2 Å². The van der Waals surface area contributed by atoms with Crippen LogP contribution in [-0.2, 0) is 28.6 Å².